The molecule has 1 aromatic rings. The molecule has 0 bridgehead atoms. The summed E-state index contributed by atoms with van der Waals surface area (Å²) in [5.41, 5.74) is 0.551. The van der Waals surface area contributed by atoms with E-state index in [1.807, 2.05) is 0 Å². The van der Waals surface area contributed by atoms with Crippen molar-refractivity contribution in [3.8, 4) is 0 Å². The highest BCUT2D eigenvalue weighted by Gasteiger charge is 2.30. The summed E-state index contributed by atoms with van der Waals surface area (Å²) < 4.78 is 26.2. The lowest BCUT2D eigenvalue weighted by molar-refractivity contribution is 0.0676. The van der Waals surface area contributed by atoms with Crippen LogP contribution < -0.4 is 0 Å². The largest absolute Gasteiger partial charge is 0.345 e. The van der Waals surface area contributed by atoms with Crippen LogP contribution in [0.5, 0.6) is 0 Å². The predicted molar refractivity (Wildman–Crippen MR) is 82.0 cm³/mol. The minimum absolute atomic E-state index is 0.0407. The number of hydrogen-bond donors (Lipinski definition) is 0. The van der Waals surface area contributed by atoms with Crippen molar-refractivity contribution in [1.82, 2.24) is 13.8 Å². The number of sulfonamides is 1. The molecule has 1 saturated heterocycles. The molecule has 0 saturated carbocycles. The Morgan fingerprint density at radius 2 is 1.95 bits per heavy atom. The molecular formula is C13H20ClN3O3S. The van der Waals surface area contributed by atoms with Gasteiger partial charge in [0.1, 0.15) is 5.69 Å². The first kappa shape index (κ1) is 16.3. The zero-order valence-electron chi connectivity index (χ0n) is 12.4. The Labute approximate surface area is 130 Å². The Morgan fingerprint density at radius 3 is 2.38 bits per heavy atom. The molecule has 2 rings (SSSR count). The average Bonchev–Trinajstić information content (AvgIpc) is 2.75. The summed E-state index contributed by atoms with van der Waals surface area (Å²) in [7, 11) is 0.185. The van der Waals surface area contributed by atoms with Gasteiger partial charge in [0.05, 0.1) is 11.3 Å². The molecule has 1 aliphatic heterocycles. The van der Waals surface area contributed by atoms with E-state index in [0.29, 0.717) is 36.6 Å². The van der Waals surface area contributed by atoms with Crippen LogP contribution in [0, 0.1) is 0 Å². The van der Waals surface area contributed by atoms with Crippen molar-refractivity contribution in [1.29, 1.82) is 0 Å². The molecule has 0 atom stereocenters. The zero-order valence-corrected chi connectivity index (χ0v) is 14.0. The molecule has 21 heavy (non-hydrogen) atoms. The van der Waals surface area contributed by atoms with Crippen LogP contribution in [0.1, 0.15) is 23.3 Å². The average molecular weight is 334 g/mol. The number of aryl methyl sites for hydroxylation is 1. The van der Waals surface area contributed by atoms with Gasteiger partial charge in [0.15, 0.2) is 0 Å². The fourth-order valence-corrected chi connectivity index (χ4v) is 3.60. The van der Waals surface area contributed by atoms with Crippen molar-refractivity contribution >= 4 is 27.5 Å². The lowest BCUT2D eigenvalue weighted by atomic mass is 10.1. The number of nitrogens with zero attached hydrogens (tertiary/aromatic N) is 3. The van der Waals surface area contributed by atoms with Crippen LogP contribution in [0.2, 0.25) is 5.02 Å². The Kier molecular flexibility index (Phi) is 4.65. The number of piperidine rings is 1. The van der Waals surface area contributed by atoms with E-state index in [4.69, 9.17) is 11.6 Å². The molecule has 1 aliphatic rings. The van der Waals surface area contributed by atoms with Crippen molar-refractivity contribution in [2.24, 2.45) is 7.05 Å². The molecule has 1 aromatic heterocycles. The molecule has 1 fully saturated rings. The summed E-state index contributed by atoms with van der Waals surface area (Å²) in [6.45, 7) is 1.10. The molecule has 6 nitrogen and oxygen atoms in total. The van der Waals surface area contributed by atoms with Crippen LogP contribution in [-0.2, 0) is 17.1 Å². The first-order chi connectivity index (χ1) is 9.70. The SMILES string of the molecule is CN(C1CCN(C(=O)c2cc(Cl)cn2C)CC1)S(C)(=O)=O. The van der Waals surface area contributed by atoms with E-state index in [1.165, 1.54) is 10.6 Å². The van der Waals surface area contributed by atoms with Gasteiger partial charge in [0.25, 0.3) is 5.91 Å². The Hall–Kier alpha value is -1.05. The molecule has 0 N–H and O–H groups in total. The normalized spacial score (nSPS) is 17.5. The van der Waals surface area contributed by atoms with Crippen LogP contribution >= 0.6 is 11.6 Å². The van der Waals surface area contributed by atoms with Crippen molar-refractivity contribution in [3.05, 3.63) is 23.0 Å². The molecule has 0 spiro atoms. The smallest absolute Gasteiger partial charge is 0.270 e. The van der Waals surface area contributed by atoms with E-state index in [1.54, 1.807) is 35.8 Å². The maximum absolute atomic E-state index is 12.4. The van der Waals surface area contributed by atoms with E-state index in [2.05, 4.69) is 0 Å². The number of rotatable bonds is 3. The maximum atomic E-state index is 12.4. The minimum Gasteiger partial charge on any atom is -0.345 e. The van der Waals surface area contributed by atoms with Gasteiger partial charge in [-0.05, 0) is 18.9 Å². The van der Waals surface area contributed by atoms with Gasteiger partial charge >= 0.3 is 0 Å². The van der Waals surface area contributed by atoms with Gasteiger partial charge in [-0.3, -0.25) is 4.79 Å². The van der Waals surface area contributed by atoms with Crippen LogP contribution in [-0.4, -0.2) is 60.5 Å². The van der Waals surface area contributed by atoms with E-state index in [0.717, 1.165) is 0 Å². The van der Waals surface area contributed by atoms with Gasteiger partial charge < -0.3 is 9.47 Å². The van der Waals surface area contributed by atoms with Crippen molar-refractivity contribution < 1.29 is 13.2 Å². The van der Waals surface area contributed by atoms with Crippen LogP contribution in [0.3, 0.4) is 0 Å². The van der Waals surface area contributed by atoms with Gasteiger partial charge in [-0.15, -0.1) is 0 Å². The Balaban J connectivity index is 2.01. The highest BCUT2D eigenvalue weighted by atomic mass is 35.5. The Morgan fingerprint density at radius 1 is 1.38 bits per heavy atom. The number of amides is 1. The Bertz CT molecular complexity index is 633. The fraction of sp³-hybridized carbons (Fsp3) is 0.615. The fourth-order valence-electron chi connectivity index (χ4n) is 2.60. The predicted octanol–water partition coefficient (Wildman–Crippen LogP) is 1.17. The highest BCUT2D eigenvalue weighted by Crippen LogP contribution is 2.21. The summed E-state index contributed by atoms with van der Waals surface area (Å²) in [6, 6.07) is 1.61. The first-order valence-electron chi connectivity index (χ1n) is 6.74. The van der Waals surface area contributed by atoms with Crippen LogP contribution in [0.15, 0.2) is 12.3 Å². The summed E-state index contributed by atoms with van der Waals surface area (Å²) in [5.74, 6) is -0.0649. The standard InChI is InChI=1S/C13H20ClN3O3S/c1-15-9-10(14)8-12(15)13(18)17-6-4-11(5-7-17)16(2)21(3,19)20/h8-9,11H,4-7H2,1-3H3. The van der Waals surface area contributed by atoms with E-state index in [-0.39, 0.29) is 11.9 Å². The molecule has 0 aliphatic carbocycles. The second-order valence-electron chi connectivity index (χ2n) is 5.46. The van der Waals surface area contributed by atoms with Crippen molar-refractivity contribution in [3.63, 3.8) is 0 Å². The summed E-state index contributed by atoms with van der Waals surface area (Å²) >= 11 is 5.90. The van der Waals surface area contributed by atoms with E-state index in [9.17, 15) is 13.2 Å². The molecular weight excluding hydrogens is 314 g/mol. The molecule has 8 heteroatoms. The zero-order chi connectivity index (χ0) is 15.8. The number of halogens is 1. The second-order valence-corrected chi connectivity index (χ2v) is 7.94. The minimum atomic E-state index is -3.19. The van der Waals surface area contributed by atoms with Crippen molar-refractivity contribution in [2.75, 3.05) is 26.4 Å². The highest BCUT2D eigenvalue weighted by molar-refractivity contribution is 7.88. The summed E-state index contributed by atoms with van der Waals surface area (Å²) in [4.78, 5) is 14.2. The second kappa shape index (κ2) is 5.98. The quantitative estimate of drug-likeness (QED) is 0.834. The molecule has 0 radical (unpaired) electrons. The molecule has 118 valence electrons. The summed E-state index contributed by atoms with van der Waals surface area (Å²) in [6.07, 6.45) is 4.19. The van der Waals surface area contributed by atoms with E-state index >= 15 is 0 Å². The lowest BCUT2D eigenvalue weighted by Crippen LogP contribution is -2.47. The maximum Gasteiger partial charge on any atom is 0.270 e. The monoisotopic (exact) mass is 333 g/mol. The third-order valence-corrected chi connectivity index (χ3v) is 5.53. The molecule has 1 amide bonds. The van der Waals surface area contributed by atoms with Crippen LogP contribution in [0.25, 0.3) is 0 Å². The molecule has 0 unspecified atom stereocenters. The van der Waals surface area contributed by atoms with Gasteiger partial charge in [0.2, 0.25) is 10.0 Å². The number of carbonyl (C=O) groups is 1. The number of likely N-dealkylation sites (tertiary alicyclic amines) is 1. The van der Waals surface area contributed by atoms with Gasteiger partial charge in [-0.1, -0.05) is 11.6 Å². The number of carbonyl (C=O) groups excluding carboxylic acids is 1. The summed E-state index contributed by atoms with van der Waals surface area (Å²) in [5, 5.41) is 0.535. The molecule has 0 aromatic carbocycles. The van der Waals surface area contributed by atoms with Gasteiger partial charge in [-0.25, -0.2) is 12.7 Å². The van der Waals surface area contributed by atoms with Gasteiger partial charge in [-0.2, -0.15) is 0 Å². The van der Waals surface area contributed by atoms with Crippen molar-refractivity contribution in [2.45, 2.75) is 18.9 Å². The third-order valence-electron chi connectivity index (χ3n) is 3.98. The molecule has 2 heterocycles. The van der Waals surface area contributed by atoms with Gasteiger partial charge in [0, 0.05) is 39.4 Å². The van der Waals surface area contributed by atoms with Crippen LogP contribution in [0.4, 0.5) is 0 Å². The van der Waals surface area contributed by atoms with E-state index < -0.39 is 10.0 Å². The first-order valence-corrected chi connectivity index (χ1v) is 8.97. The third kappa shape index (κ3) is 3.59. The number of aromatic nitrogens is 1. The number of hydrogen-bond acceptors (Lipinski definition) is 3. The lowest BCUT2D eigenvalue weighted by Gasteiger charge is -2.35. The topological polar surface area (TPSA) is 62.6 Å².